The van der Waals surface area contributed by atoms with E-state index in [1.807, 2.05) is 13.8 Å². The summed E-state index contributed by atoms with van der Waals surface area (Å²) in [7, 11) is 0. The van der Waals surface area contributed by atoms with Crippen LogP contribution in [0.1, 0.15) is 34.6 Å². The number of rotatable bonds is 6. The fraction of sp³-hybridized carbons (Fsp3) is 0.312. The Hall–Kier alpha value is -2.63. The molecule has 0 saturated carbocycles. The molecule has 0 radical (unpaired) electrons. The number of carbonyl (C=O) groups is 2. The molecule has 0 aliphatic carbocycles. The molecule has 116 valence electrons. The van der Waals surface area contributed by atoms with Crippen LogP contribution in [0, 0.1) is 13.8 Å². The Kier molecular flexibility index (Phi) is 4.93. The number of oxazole rings is 1. The molecule has 0 saturated heterocycles. The van der Waals surface area contributed by atoms with Crippen molar-refractivity contribution in [3.8, 4) is 5.75 Å². The van der Waals surface area contributed by atoms with Gasteiger partial charge in [-0.3, -0.25) is 9.59 Å². The highest BCUT2D eigenvalue weighted by molar-refractivity contribution is 5.94. The van der Waals surface area contributed by atoms with Gasteiger partial charge < -0.3 is 14.5 Å². The van der Waals surface area contributed by atoms with Crippen LogP contribution in [0.3, 0.4) is 0 Å². The van der Waals surface area contributed by atoms with E-state index in [0.717, 1.165) is 11.5 Å². The molecule has 2 rings (SSSR count). The Morgan fingerprint density at radius 3 is 2.73 bits per heavy atom. The third-order valence-electron chi connectivity index (χ3n) is 3.12. The minimum atomic E-state index is -0.290. The average Bonchev–Trinajstić information content (AvgIpc) is 2.82. The number of amides is 1. The summed E-state index contributed by atoms with van der Waals surface area (Å²) in [5.41, 5.74) is 1.35. The zero-order valence-corrected chi connectivity index (χ0v) is 12.8. The molecule has 2 aromatic rings. The van der Waals surface area contributed by atoms with E-state index in [-0.39, 0.29) is 24.8 Å². The molecule has 1 amide bonds. The van der Waals surface area contributed by atoms with Crippen LogP contribution in [0.25, 0.3) is 0 Å². The molecule has 0 fully saturated rings. The van der Waals surface area contributed by atoms with Crippen LogP contribution < -0.4 is 10.1 Å². The van der Waals surface area contributed by atoms with Crippen molar-refractivity contribution in [2.75, 3.05) is 6.61 Å². The van der Waals surface area contributed by atoms with Gasteiger partial charge in [-0.15, -0.1) is 0 Å². The van der Waals surface area contributed by atoms with Gasteiger partial charge in [-0.25, -0.2) is 4.98 Å². The summed E-state index contributed by atoms with van der Waals surface area (Å²) in [6.07, 6.45) is 0. The van der Waals surface area contributed by atoms with Crippen molar-refractivity contribution in [1.82, 2.24) is 10.3 Å². The summed E-state index contributed by atoms with van der Waals surface area (Å²) in [6, 6.07) is 6.71. The lowest BCUT2D eigenvalue weighted by Crippen LogP contribution is -2.28. The van der Waals surface area contributed by atoms with Gasteiger partial charge in [0.2, 0.25) is 5.89 Å². The van der Waals surface area contributed by atoms with Crippen LogP contribution in [0.15, 0.2) is 28.7 Å². The third-order valence-corrected chi connectivity index (χ3v) is 3.12. The quantitative estimate of drug-likeness (QED) is 0.827. The Balaban J connectivity index is 1.82. The second kappa shape index (κ2) is 6.89. The van der Waals surface area contributed by atoms with Crippen LogP contribution in [0.2, 0.25) is 0 Å². The maximum Gasteiger partial charge on any atom is 0.258 e. The van der Waals surface area contributed by atoms with Crippen molar-refractivity contribution in [1.29, 1.82) is 0 Å². The largest absolute Gasteiger partial charge is 0.484 e. The zero-order chi connectivity index (χ0) is 16.1. The molecule has 6 nitrogen and oxygen atoms in total. The van der Waals surface area contributed by atoms with E-state index in [9.17, 15) is 9.59 Å². The molecule has 0 aliphatic heterocycles. The van der Waals surface area contributed by atoms with Crippen LogP contribution in [0.5, 0.6) is 5.75 Å². The molecule has 0 spiro atoms. The van der Waals surface area contributed by atoms with Gasteiger partial charge in [0.15, 0.2) is 12.4 Å². The number of ketones is 1. The van der Waals surface area contributed by atoms with E-state index in [2.05, 4.69) is 10.3 Å². The lowest BCUT2D eigenvalue weighted by molar-refractivity contribution is -0.123. The average molecular weight is 302 g/mol. The number of ether oxygens (including phenoxy) is 1. The highest BCUT2D eigenvalue weighted by Crippen LogP contribution is 2.13. The Labute approximate surface area is 128 Å². The monoisotopic (exact) mass is 302 g/mol. The number of hydrogen-bond donors (Lipinski definition) is 1. The molecular formula is C16H18N2O4. The van der Waals surface area contributed by atoms with Gasteiger partial charge in [-0.2, -0.15) is 0 Å². The van der Waals surface area contributed by atoms with Crippen molar-refractivity contribution in [3.63, 3.8) is 0 Å². The van der Waals surface area contributed by atoms with Gasteiger partial charge in [-0.1, -0.05) is 12.1 Å². The van der Waals surface area contributed by atoms with Crippen molar-refractivity contribution in [3.05, 3.63) is 47.2 Å². The van der Waals surface area contributed by atoms with Crippen molar-refractivity contribution < 1.29 is 18.7 Å². The second-order valence-corrected chi connectivity index (χ2v) is 4.90. The minimum absolute atomic E-state index is 0.0514. The second-order valence-electron chi connectivity index (χ2n) is 4.90. The molecule has 1 aromatic carbocycles. The lowest BCUT2D eigenvalue weighted by Gasteiger charge is -2.07. The van der Waals surface area contributed by atoms with Gasteiger partial charge in [-0.05, 0) is 32.9 Å². The van der Waals surface area contributed by atoms with Crippen LogP contribution in [-0.2, 0) is 11.3 Å². The number of aromatic nitrogens is 1. The Morgan fingerprint density at radius 2 is 2.09 bits per heavy atom. The van der Waals surface area contributed by atoms with Crippen molar-refractivity contribution in [2.45, 2.75) is 27.3 Å². The van der Waals surface area contributed by atoms with E-state index < -0.39 is 0 Å². The summed E-state index contributed by atoms with van der Waals surface area (Å²) < 4.78 is 10.7. The summed E-state index contributed by atoms with van der Waals surface area (Å²) in [5.74, 6) is 1.33. The summed E-state index contributed by atoms with van der Waals surface area (Å²) in [5, 5.41) is 2.66. The molecule has 0 atom stereocenters. The molecule has 0 unspecified atom stereocenters. The number of carbonyl (C=O) groups excluding carboxylic acids is 2. The fourth-order valence-electron chi connectivity index (χ4n) is 1.79. The Morgan fingerprint density at radius 1 is 1.32 bits per heavy atom. The summed E-state index contributed by atoms with van der Waals surface area (Å²) >= 11 is 0. The van der Waals surface area contributed by atoms with Gasteiger partial charge in [0.25, 0.3) is 5.91 Å². The third kappa shape index (κ3) is 4.18. The first-order chi connectivity index (χ1) is 10.5. The number of benzene rings is 1. The molecule has 0 bridgehead atoms. The van der Waals surface area contributed by atoms with E-state index in [4.69, 9.17) is 9.15 Å². The molecule has 1 N–H and O–H groups in total. The van der Waals surface area contributed by atoms with Crippen molar-refractivity contribution >= 4 is 11.7 Å². The SMILES string of the molecule is CC(=O)c1cccc(OCC(=O)NCc2nc(C)c(C)o2)c1. The van der Waals surface area contributed by atoms with Gasteiger partial charge in [0.1, 0.15) is 11.5 Å². The van der Waals surface area contributed by atoms with Crippen LogP contribution in [0.4, 0.5) is 0 Å². The first-order valence-electron chi connectivity index (χ1n) is 6.89. The predicted molar refractivity (Wildman–Crippen MR) is 79.8 cm³/mol. The first kappa shape index (κ1) is 15.8. The number of Topliss-reactive ketones (excluding diaryl/α,β-unsaturated/α-hetero) is 1. The highest BCUT2D eigenvalue weighted by Gasteiger charge is 2.08. The van der Waals surface area contributed by atoms with Gasteiger partial charge >= 0.3 is 0 Å². The van der Waals surface area contributed by atoms with Crippen LogP contribution >= 0.6 is 0 Å². The van der Waals surface area contributed by atoms with Gasteiger partial charge in [0.05, 0.1) is 12.2 Å². The fourth-order valence-corrected chi connectivity index (χ4v) is 1.79. The molecular weight excluding hydrogens is 284 g/mol. The molecule has 1 aromatic heterocycles. The minimum Gasteiger partial charge on any atom is -0.484 e. The number of hydrogen-bond acceptors (Lipinski definition) is 5. The lowest BCUT2D eigenvalue weighted by atomic mass is 10.1. The highest BCUT2D eigenvalue weighted by atomic mass is 16.5. The molecule has 22 heavy (non-hydrogen) atoms. The molecule has 0 aliphatic rings. The number of nitrogens with zero attached hydrogens (tertiary/aromatic N) is 1. The van der Waals surface area contributed by atoms with E-state index in [1.54, 1.807) is 24.3 Å². The van der Waals surface area contributed by atoms with Crippen molar-refractivity contribution in [2.24, 2.45) is 0 Å². The maximum absolute atomic E-state index is 11.7. The number of aryl methyl sites for hydroxylation is 2. The van der Waals surface area contributed by atoms with Crippen LogP contribution in [-0.4, -0.2) is 23.3 Å². The van der Waals surface area contributed by atoms with E-state index >= 15 is 0 Å². The summed E-state index contributed by atoms with van der Waals surface area (Å²) in [4.78, 5) is 27.2. The van der Waals surface area contributed by atoms with E-state index in [1.165, 1.54) is 6.92 Å². The predicted octanol–water partition coefficient (Wildman–Crippen LogP) is 2.19. The molecule has 1 heterocycles. The smallest absolute Gasteiger partial charge is 0.258 e. The normalized spacial score (nSPS) is 10.3. The first-order valence-corrected chi connectivity index (χ1v) is 6.89. The van der Waals surface area contributed by atoms with Gasteiger partial charge in [0, 0.05) is 5.56 Å². The summed E-state index contributed by atoms with van der Waals surface area (Å²) in [6.45, 7) is 5.21. The topological polar surface area (TPSA) is 81.4 Å². The number of nitrogens with one attached hydrogen (secondary N) is 1. The zero-order valence-electron chi connectivity index (χ0n) is 12.8. The molecule has 6 heteroatoms. The Bertz CT molecular complexity index is 672. The van der Waals surface area contributed by atoms with E-state index in [0.29, 0.717) is 17.2 Å². The standard InChI is InChI=1S/C16H18N2O4/c1-10-12(3)22-16(18-10)8-17-15(20)9-21-14-6-4-5-13(7-14)11(2)19/h4-7H,8-9H2,1-3H3,(H,17,20). The maximum atomic E-state index is 11.7.